The first-order valence-corrected chi connectivity index (χ1v) is 6.88. The second kappa shape index (κ2) is 6.41. The van der Waals surface area contributed by atoms with Gasteiger partial charge in [-0.05, 0) is 49.2 Å². The average molecular weight is 300 g/mol. The Kier molecular flexibility index (Phi) is 5.47. The molecule has 0 heterocycles. The van der Waals surface area contributed by atoms with Crippen LogP contribution in [-0.2, 0) is 6.54 Å². The summed E-state index contributed by atoms with van der Waals surface area (Å²) in [5.74, 6) is 0.964. The lowest BCUT2D eigenvalue weighted by atomic mass is 10.1. The smallest absolute Gasteiger partial charge is 0.137 e. The number of nitrogens with one attached hydrogen (secondary N) is 1. The molecular weight excluding hydrogens is 278 g/mol. The number of rotatable bonds is 5. The van der Waals surface area contributed by atoms with Crippen LogP contribution in [0.3, 0.4) is 0 Å². The molecule has 3 heteroatoms. The fourth-order valence-electron chi connectivity index (χ4n) is 1.42. The number of ether oxygens (including phenoxy) is 1. The predicted molar refractivity (Wildman–Crippen MR) is 76.5 cm³/mol. The van der Waals surface area contributed by atoms with E-state index in [0.717, 1.165) is 29.8 Å². The molecule has 1 N–H and O–H groups in total. The van der Waals surface area contributed by atoms with Crippen LogP contribution in [0.25, 0.3) is 0 Å². The molecule has 0 aliphatic rings. The maximum Gasteiger partial charge on any atom is 0.137 e. The molecule has 0 saturated heterocycles. The van der Waals surface area contributed by atoms with Gasteiger partial charge >= 0.3 is 0 Å². The third kappa shape index (κ3) is 5.09. The van der Waals surface area contributed by atoms with E-state index in [1.165, 1.54) is 5.56 Å². The Hall–Kier alpha value is -0.540. The molecule has 1 aromatic rings. The molecule has 0 saturated carbocycles. The molecule has 1 aromatic carbocycles. The van der Waals surface area contributed by atoms with E-state index in [1.807, 2.05) is 12.1 Å². The van der Waals surface area contributed by atoms with Gasteiger partial charge in [-0.1, -0.05) is 19.1 Å². The standard InChI is InChI=1S/C14H22BrNO/c1-5-9-17-13-11(7-6-8-12(13)15)10-16-14(2,3)4/h6-8,16H,5,9-10H2,1-4H3. The second-order valence-corrected chi connectivity index (χ2v) is 6.03. The summed E-state index contributed by atoms with van der Waals surface area (Å²) in [4.78, 5) is 0. The van der Waals surface area contributed by atoms with Crippen molar-refractivity contribution in [1.29, 1.82) is 0 Å². The lowest BCUT2D eigenvalue weighted by Gasteiger charge is -2.22. The number of hydrogen-bond donors (Lipinski definition) is 1. The van der Waals surface area contributed by atoms with Crippen LogP contribution in [0, 0.1) is 0 Å². The van der Waals surface area contributed by atoms with E-state index in [0.29, 0.717) is 0 Å². The minimum absolute atomic E-state index is 0.115. The van der Waals surface area contributed by atoms with Gasteiger partial charge in [-0.15, -0.1) is 0 Å². The van der Waals surface area contributed by atoms with Gasteiger partial charge in [-0.2, -0.15) is 0 Å². The number of hydrogen-bond acceptors (Lipinski definition) is 2. The van der Waals surface area contributed by atoms with Crippen LogP contribution in [-0.4, -0.2) is 12.1 Å². The van der Waals surface area contributed by atoms with E-state index < -0.39 is 0 Å². The molecular formula is C14H22BrNO. The van der Waals surface area contributed by atoms with Gasteiger partial charge < -0.3 is 10.1 Å². The molecule has 0 amide bonds. The van der Waals surface area contributed by atoms with Crippen LogP contribution in [0.4, 0.5) is 0 Å². The number of halogens is 1. The molecule has 2 nitrogen and oxygen atoms in total. The van der Waals surface area contributed by atoms with Gasteiger partial charge in [0.05, 0.1) is 11.1 Å². The minimum Gasteiger partial charge on any atom is -0.492 e. The monoisotopic (exact) mass is 299 g/mol. The first-order valence-electron chi connectivity index (χ1n) is 6.09. The molecule has 0 atom stereocenters. The molecule has 0 aliphatic heterocycles. The minimum atomic E-state index is 0.115. The highest BCUT2D eigenvalue weighted by Crippen LogP contribution is 2.29. The maximum absolute atomic E-state index is 5.80. The highest BCUT2D eigenvalue weighted by atomic mass is 79.9. The molecule has 0 aromatic heterocycles. The third-order valence-electron chi connectivity index (χ3n) is 2.31. The van der Waals surface area contributed by atoms with Crippen LogP contribution >= 0.6 is 15.9 Å². The lowest BCUT2D eigenvalue weighted by Crippen LogP contribution is -2.35. The molecule has 1 rings (SSSR count). The van der Waals surface area contributed by atoms with E-state index in [1.54, 1.807) is 0 Å². The Labute approximate surface area is 113 Å². The zero-order chi connectivity index (χ0) is 12.9. The third-order valence-corrected chi connectivity index (χ3v) is 2.93. The van der Waals surface area contributed by atoms with E-state index in [-0.39, 0.29) is 5.54 Å². The molecule has 0 fully saturated rings. The van der Waals surface area contributed by atoms with Crippen molar-refractivity contribution in [3.8, 4) is 5.75 Å². The zero-order valence-electron chi connectivity index (χ0n) is 11.1. The van der Waals surface area contributed by atoms with Crippen molar-refractivity contribution in [3.63, 3.8) is 0 Å². The maximum atomic E-state index is 5.80. The molecule has 0 radical (unpaired) electrons. The van der Waals surface area contributed by atoms with Gasteiger partial charge in [0.15, 0.2) is 0 Å². The van der Waals surface area contributed by atoms with Gasteiger partial charge in [-0.3, -0.25) is 0 Å². The first-order chi connectivity index (χ1) is 7.94. The fourth-order valence-corrected chi connectivity index (χ4v) is 1.94. The highest BCUT2D eigenvalue weighted by Gasteiger charge is 2.12. The number of para-hydroxylation sites is 1. The van der Waals surface area contributed by atoms with Crippen molar-refractivity contribution in [2.24, 2.45) is 0 Å². The van der Waals surface area contributed by atoms with Crippen molar-refractivity contribution in [1.82, 2.24) is 5.32 Å². The van der Waals surface area contributed by atoms with Crippen molar-refractivity contribution in [3.05, 3.63) is 28.2 Å². The molecule has 96 valence electrons. The van der Waals surface area contributed by atoms with Crippen molar-refractivity contribution in [2.75, 3.05) is 6.61 Å². The lowest BCUT2D eigenvalue weighted by molar-refractivity contribution is 0.309. The van der Waals surface area contributed by atoms with Crippen LogP contribution in [0.2, 0.25) is 0 Å². The van der Waals surface area contributed by atoms with Crippen molar-refractivity contribution < 1.29 is 4.74 Å². The normalized spacial score (nSPS) is 11.6. The summed E-state index contributed by atoms with van der Waals surface area (Å²) in [6.07, 6.45) is 1.02. The zero-order valence-corrected chi connectivity index (χ0v) is 12.7. The molecule has 0 unspecified atom stereocenters. The van der Waals surface area contributed by atoms with E-state index >= 15 is 0 Å². The van der Waals surface area contributed by atoms with Gasteiger partial charge in [0.1, 0.15) is 5.75 Å². The second-order valence-electron chi connectivity index (χ2n) is 5.18. The predicted octanol–water partition coefficient (Wildman–Crippen LogP) is 4.13. The first kappa shape index (κ1) is 14.5. The van der Waals surface area contributed by atoms with Crippen LogP contribution in [0.15, 0.2) is 22.7 Å². The summed E-state index contributed by atoms with van der Waals surface area (Å²) < 4.78 is 6.82. The van der Waals surface area contributed by atoms with Crippen LogP contribution in [0.5, 0.6) is 5.75 Å². The SMILES string of the molecule is CCCOc1c(Br)cccc1CNC(C)(C)C. The Balaban J connectivity index is 2.79. The number of benzene rings is 1. The Morgan fingerprint density at radius 1 is 1.29 bits per heavy atom. The average Bonchev–Trinajstić information content (AvgIpc) is 2.24. The largest absolute Gasteiger partial charge is 0.492 e. The highest BCUT2D eigenvalue weighted by molar-refractivity contribution is 9.10. The fraction of sp³-hybridized carbons (Fsp3) is 0.571. The molecule has 0 aliphatic carbocycles. The summed E-state index contributed by atoms with van der Waals surface area (Å²) in [6, 6.07) is 6.17. The quantitative estimate of drug-likeness (QED) is 0.883. The summed E-state index contributed by atoms with van der Waals surface area (Å²) in [5.41, 5.74) is 1.31. The van der Waals surface area contributed by atoms with Crippen molar-refractivity contribution in [2.45, 2.75) is 46.2 Å². The Morgan fingerprint density at radius 2 is 2.00 bits per heavy atom. The summed E-state index contributed by atoms with van der Waals surface area (Å²) in [6.45, 7) is 10.2. The molecule has 0 spiro atoms. The van der Waals surface area contributed by atoms with Gasteiger partial charge in [0.25, 0.3) is 0 Å². The summed E-state index contributed by atoms with van der Waals surface area (Å²) in [5, 5.41) is 3.48. The summed E-state index contributed by atoms with van der Waals surface area (Å²) >= 11 is 3.54. The van der Waals surface area contributed by atoms with Crippen LogP contribution in [0.1, 0.15) is 39.7 Å². The molecule has 17 heavy (non-hydrogen) atoms. The van der Waals surface area contributed by atoms with Crippen LogP contribution < -0.4 is 10.1 Å². The Morgan fingerprint density at radius 3 is 2.59 bits per heavy atom. The van der Waals surface area contributed by atoms with E-state index in [4.69, 9.17) is 4.74 Å². The Bertz CT molecular complexity index is 358. The molecule has 0 bridgehead atoms. The van der Waals surface area contributed by atoms with E-state index in [2.05, 4.69) is 55.0 Å². The van der Waals surface area contributed by atoms with Gasteiger partial charge in [0.2, 0.25) is 0 Å². The van der Waals surface area contributed by atoms with Crippen molar-refractivity contribution >= 4 is 15.9 Å². The van der Waals surface area contributed by atoms with E-state index in [9.17, 15) is 0 Å². The summed E-state index contributed by atoms with van der Waals surface area (Å²) in [7, 11) is 0. The van der Waals surface area contributed by atoms with Gasteiger partial charge in [0, 0.05) is 17.6 Å². The van der Waals surface area contributed by atoms with Gasteiger partial charge in [-0.25, -0.2) is 0 Å². The topological polar surface area (TPSA) is 21.3 Å².